The van der Waals surface area contributed by atoms with E-state index in [1.807, 2.05) is 4.90 Å². The van der Waals surface area contributed by atoms with E-state index in [-0.39, 0.29) is 5.56 Å². The van der Waals surface area contributed by atoms with E-state index in [0.717, 1.165) is 6.07 Å². The van der Waals surface area contributed by atoms with Crippen LogP contribution >= 0.6 is 0 Å². The second-order valence-electron chi connectivity index (χ2n) is 6.47. The monoisotopic (exact) mass is 382 g/mol. The molecule has 1 N–H and O–H groups in total. The van der Waals surface area contributed by atoms with Crippen LogP contribution in [0.3, 0.4) is 0 Å². The Morgan fingerprint density at radius 2 is 2.07 bits per heavy atom. The van der Waals surface area contributed by atoms with Gasteiger partial charge in [0, 0.05) is 44.5 Å². The summed E-state index contributed by atoms with van der Waals surface area (Å²) >= 11 is 0. The maximum Gasteiger partial charge on any atom is 0.305 e. The number of benzene rings is 1. The second kappa shape index (κ2) is 7.24. The van der Waals surface area contributed by atoms with Gasteiger partial charge in [-0.2, -0.15) is 4.39 Å². The molecule has 1 aliphatic heterocycles. The number of hydrogen-bond acceptors (Lipinski definition) is 7. The average Bonchev–Trinajstić information content (AvgIpc) is 2.70. The first-order valence-electron chi connectivity index (χ1n) is 8.54. The molecule has 0 saturated heterocycles. The lowest BCUT2D eigenvalue weighted by molar-refractivity contribution is -0.387. The number of aromatic nitrogens is 4. The van der Waals surface area contributed by atoms with Gasteiger partial charge in [-0.1, -0.05) is 6.07 Å². The van der Waals surface area contributed by atoms with E-state index in [2.05, 4.69) is 19.9 Å². The lowest BCUT2D eigenvalue weighted by atomic mass is 10.1. The average molecular weight is 382 g/mol. The van der Waals surface area contributed by atoms with Crippen molar-refractivity contribution in [2.45, 2.75) is 19.5 Å². The number of rotatable bonds is 4. The molecule has 142 valence electrons. The van der Waals surface area contributed by atoms with Gasteiger partial charge in [0.15, 0.2) is 0 Å². The highest BCUT2D eigenvalue weighted by Gasteiger charge is 2.23. The molecule has 4 rings (SSSR count). The van der Waals surface area contributed by atoms with E-state index >= 15 is 0 Å². The number of nitro benzene ring substituents is 1. The molecule has 10 heteroatoms. The zero-order chi connectivity index (χ0) is 19.7. The second-order valence-corrected chi connectivity index (χ2v) is 6.47. The summed E-state index contributed by atoms with van der Waals surface area (Å²) in [5.41, 5.74) is 1.72. The summed E-state index contributed by atoms with van der Waals surface area (Å²) < 4.78 is 13.5. The third-order valence-corrected chi connectivity index (χ3v) is 4.60. The van der Waals surface area contributed by atoms with Crippen LogP contribution in [0.25, 0.3) is 11.4 Å². The molecule has 9 nitrogen and oxygen atoms in total. The molecule has 0 radical (unpaired) electrons. The molecule has 0 aliphatic carbocycles. The summed E-state index contributed by atoms with van der Waals surface area (Å²) in [7, 11) is 0. The van der Waals surface area contributed by atoms with Crippen LogP contribution in [-0.4, -0.2) is 36.3 Å². The highest BCUT2D eigenvalue weighted by molar-refractivity contribution is 5.52. The van der Waals surface area contributed by atoms with Crippen molar-refractivity contribution in [1.29, 1.82) is 0 Å². The molecule has 3 heterocycles. The molecule has 28 heavy (non-hydrogen) atoms. The summed E-state index contributed by atoms with van der Waals surface area (Å²) in [6, 6.07) is 3.83. The first kappa shape index (κ1) is 17.9. The number of nitrogens with one attached hydrogen (secondary N) is 1. The van der Waals surface area contributed by atoms with E-state index in [0.29, 0.717) is 54.3 Å². The Morgan fingerprint density at radius 1 is 1.29 bits per heavy atom. The maximum absolute atomic E-state index is 13.5. The Balaban J connectivity index is 1.57. The first-order valence-corrected chi connectivity index (χ1v) is 8.54. The molecule has 2 aromatic heterocycles. The first-order chi connectivity index (χ1) is 13.5. The summed E-state index contributed by atoms with van der Waals surface area (Å²) in [6.45, 7) is 1.35. The normalized spacial score (nSPS) is 13.9. The molecule has 0 bridgehead atoms. The number of halogens is 1. The molecule has 0 amide bonds. The SMILES string of the molecule is O=c1[nH]c(-c2cncnc2)nc2c1CN(Cc1ccc(F)c([N+](=O)[O-])c1)CC2. The largest absolute Gasteiger partial charge is 0.306 e. The minimum atomic E-state index is -0.865. The van der Waals surface area contributed by atoms with E-state index in [4.69, 9.17) is 0 Å². The predicted molar refractivity (Wildman–Crippen MR) is 96.8 cm³/mol. The van der Waals surface area contributed by atoms with Crippen molar-refractivity contribution in [3.63, 3.8) is 0 Å². The summed E-state index contributed by atoms with van der Waals surface area (Å²) in [4.78, 5) is 39.8. The number of nitrogens with zero attached hydrogens (tertiary/aromatic N) is 5. The number of H-pyrrole nitrogens is 1. The standard InChI is InChI=1S/C18H15FN6O3/c19-14-2-1-11(5-16(14)25(27)28)8-24-4-3-15-13(9-24)18(26)23-17(22-15)12-6-20-10-21-7-12/h1-2,5-7,10H,3-4,8-9H2,(H,22,23,26). The molecular formula is C18H15FN6O3. The Hall–Kier alpha value is -3.53. The van der Waals surface area contributed by atoms with E-state index in [1.54, 1.807) is 12.4 Å². The third-order valence-electron chi connectivity index (χ3n) is 4.60. The maximum atomic E-state index is 13.5. The van der Waals surface area contributed by atoms with Gasteiger partial charge in [-0.3, -0.25) is 19.8 Å². The van der Waals surface area contributed by atoms with E-state index in [1.165, 1.54) is 18.5 Å². The number of nitro groups is 1. The molecule has 0 saturated carbocycles. The van der Waals surface area contributed by atoms with Gasteiger partial charge in [0.1, 0.15) is 12.2 Å². The Bertz CT molecular complexity index is 1100. The van der Waals surface area contributed by atoms with Gasteiger partial charge in [-0.05, 0) is 11.6 Å². The fourth-order valence-electron chi connectivity index (χ4n) is 3.23. The van der Waals surface area contributed by atoms with Gasteiger partial charge in [-0.25, -0.2) is 15.0 Å². The van der Waals surface area contributed by atoms with Crippen molar-refractivity contribution >= 4 is 5.69 Å². The Kier molecular flexibility index (Phi) is 4.62. The van der Waals surface area contributed by atoms with Crippen molar-refractivity contribution < 1.29 is 9.31 Å². The molecule has 1 aliphatic rings. The van der Waals surface area contributed by atoms with Crippen LogP contribution in [0.5, 0.6) is 0 Å². The van der Waals surface area contributed by atoms with Crippen molar-refractivity contribution in [2.24, 2.45) is 0 Å². The van der Waals surface area contributed by atoms with Crippen molar-refractivity contribution in [2.75, 3.05) is 6.54 Å². The lowest BCUT2D eigenvalue weighted by Crippen LogP contribution is -2.35. The Labute approximate surface area is 158 Å². The fourth-order valence-corrected chi connectivity index (χ4v) is 3.23. The summed E-state index contributed by atoms with van der Waals surface area (Å²) in [6.07, 6.45) is 5.11. The van der Waals surface area contributed by atoms with Crippen molar-refractivity contribution in [1.82, 2.24) is 24.8 Å². The molecule has 0 atom stereocenters. The number of hydrogen-bond donors (Lipinski definition) is 1. The Morgan fingerprint density at radius 3 is 2.82 bits per heavy atom. The van der Waals surface area contributed by atoms with Gasteiger partial charge in [-0.15, -0.1) is 0 Å². The highest BCUT2D eigenvalue weighted by Crippen LogP contribution is 2.22. The number of fused-ring (bicyclic) bond motifs is 1. The molecule has 0 unspecified atom stereocenters. The fraction of sp³-hybridized carbons (Fsp3) is 0.222. The van der Waals surface area contributed by atoms with Crippen LogP contribution in [-0.2, 0) is 19.5 Å². The van der Waals surface area contributed by atoms with Gasteiger partial charge in [0.25, 0.3) is 5.56 Å². The smallest absolute Gasteiger partial charge is 0.305 e. The van der Waals surface area contributed by atoms with Crippen molar-refractivity contribution in [3.8, 4) is 11.4 Å². The highest BCUT2D eigenvalue weighted by atomic mass is 19.1. The van der Waals surface area contributed by atoms with Gasteiger partial charge < -0.3 is 4.98 Å². The molecule has 1 aromatic carbocycles. The van der Waals surface area contributed by atoms with Crippen LogP contribution in [0.4, 0.5) is 10.1 Å². The molecular weight excluding hydrogens is 367 g/mol. The minimum Gasteiger partial charge on any atom is -0.306 e. The van der Waals surface area contributed by atoms with Crippen LogP contribution in [0.1, 0.15) is 16.8 Å². The minimum absolute atomic E-state index is 0.237. The summed E-state index contributed by atoms with van der Waals surface area (Å²) in [5.74, 6) is -0.442. The van der Waals surface area contributed by atoms with Crippen molar-refractivity contribution in [3.05, 3.63) is 80.0 Å². The van der Waals surface area contributed by atoms with Crippen LogP contribution in [0, 0.1) is 15.9 Å². The van der Waals surface area contributed by atoms with Gasteiger partial charge in [0.2, 0.25) is 5.82 Å². The molecule has 0 fully saturated rings. The lowest BCUT2D eigenvalue weighted by Gasteiger charge is -2.27. The van der Waals surface area contributed by atoms with Crippen LogP contribution in [0.2, 0.25) is 0 Å². The van der Waals surface area contributed by atoms with Crippen LogP contribution in [0.15, 0.2) is 41.7 Å². The topological polar surface area (TPSA) is 118 Å². The van der Waals surface area contributed by atoms with E-state index < -0.39 is 16.4 Å². The molecule has 3 aromatic rings. The zero-order valence-corrected chi connectivity index (χ0v) is 14.6. The number of aromatic amines is 1. The quantitative estimate of drug-likeness (QED) is 0.540. The summed E-state index contributed by atoms with van der Waals surface area (Å²) in [5, 5.41) is 10.9. The third kappa shape index (κ3) is 3.49. The molecule has 0 spiro atoms. The van der Waals surface area contributed by atoms with Gasteiger partial charge in [0.05, 0.1) is 21.7 Å². The van der Waals surface area contributed by atoms with Crippen LogP contribution < -0.4 is 5.56 Å². The van der Waals surface area contributed by atoms with E-state index in [9.17, 15) is 19.3 Å². The predicted octanol–water partition coefficient (Wildman–Crippen LogP) is 1.83. The van der Waals surface area contributed by atoms with Gasteiger partial charge >= 0.3 is 5.69 Å². The zero-order valence-electron chi connectivity index (χ0n) is 14.6.